The van der Waals surface area contributed by atoms with Gasteiger partial charge >= 0.3 is 6.09 Å². The molecular formula is C23H23N5O3S2. The molecule has 0 saturated heterocycles. The number of nitrogen functional groups attached to an aromatic ring is 1. The fourth-order valence-electron chi connectivity index (χ4n) is 3.25. The first-order valence-electron chi connectivity index (χ1n) is 10.2. The van der Waals surface area contributed by atoms with Crippen LogP contribution in [-0.2, 0) is 9.47 Å². The number of nitrogens with one attached hydrogen (secondary N) is 1. The summed E-state index contributed by atoms with van der Waals surface area (Å²) in [6.07, 6.45) is 5.61. The second kappa shape index (κ2) is 10.6. The number of hydrogen-bond acceptors (Lipinski definition) is 9. The average Bonchev–Trinajstić information content (AvgIpc) is 3.17. The molecule has 0 aliphatic carbocycles. The highest BCUT2D eigenvalue weighted by atomic mass is 32.2. The zero-order valence-corrected chi connectivity index (χ0v) is 19.8. The number of methoxy groups -OCH3 is 2. The first-order chi connectivity index (χ1) is 16.1. The van der Waals surface area contributed by atoms with Crippen molar-refractivity contribution < 1.29 is 14.3 Å². The van der Waals surface area contributed by atoms with Gasteiger partial charge in [0.15, 0.2) is 0 Å². The van der Waals surface area contributed by atoms with Gasteiger partial charge in [-0.25, -0.2) is 14.8 Å². The molecule has 0 aliphatic rings. The lowest BCUT2D eigenvalue weighted by atomic mass is 10.0. The molecule has 0 unspecified atom stereocenters. The minimum Gasteiger partial charge on any atom is -0.453 e. The number of fused-ring (bicyclic) bond motifs is 1. The van der Waals surface area contributed by atoms with Crippen LogP contribution in [0, 0.1) is 0 Å². The minimum absolute atomic E-state index is 0.397. The van der Waals surface area contributed by atoms with Gasteiger partial charge in [-0.05, 0) is 36.2 Å². The van der Waals surface area contributed by atoms with Crippen molar-refractivity contribution in [1.82, 2.24) is 15.0 Å². The van der Waals surface area contributed by atoms with E-state index in [1.54, 1.807) is 48.7 Å². The van der Waals surface area contributed by atoms with Gasteiger partial charge in [-0.1, -0.05) is 6.07 Å². The molecule has 1 amide bonds. The lowest BCUT2D eigenvalue weighted by Gasteiger charge is -2.09. The van der Waals surface area contributed by atoms with Crippen LogP contribution in [0.1, 0.15) is 6.42 Å². The summed E-state index contributed by atoms with van der Waals surface area (Å²) in [5.41, 5.74) is 10.8. The standard InChI is InChI=1S/C23H23N5O3S2/c1-30-9-4-10-32-22-20(24)19-16(14-5-3-8-25-12-14)11-17(27-21(19)33-22)15-6-7-18(26-13-15)28-23(29)31-2/h3,5-8,11-13H,4,9-10,24H2,1-2H3,(H,26,28,29). The van der Waals surface area contributed by atoms with Gasteiger partial charge in [0.05, 0.1) is 22.7 Å². The third-order valence-electron chi connectivity index (χ3n) is 4.84. The van der Waals surface area contributed by atoms with Crippen molar-refractivity contribution in [1.29, 1.82) is 0 Å². The van der Waals surface area contributed by atoms with Crippen molar-refractivity contribution in [2.24, 2.45) is 0 Å². The van der Waals surface area contributed by atoms with E-state index in [2.05, 4.69) is 20.0 Å². The normalized spacial score (nSPS) is 11.0. The van der Waals surface area contributed by atoms with Crippen LogP contribution in [-0.4, -0.2) is 47.6 Å². The van der Waals surface area contributed by atoms with Crippen molar-refractivity contribution in [3.05, 3.63) is 48.9 Å². The molecule has 170 valence electrons. The molecule has 0 bridgehead atoms. The van der Waals surface area contributed by atoms with Crippen LogP contribution in [0.25, 0.3) is 32.6 Å². The van der Waals surface area contributed by atoms with E-state index in [4.69, 9.17) is 15.5 Å². The fourth-order valence-corrected chi connectivity index (χ4v) is 5.53. The number of anilines is 2. The molecule has 0 aromatic carbocycles. The van der Waals surface area contributed by atoms with Gasteiger partial charge in [0, 0.05) is 54.6 Å². The number of hydrogen-bond donors (Lipinski definition) is 2. The Hall–Kier alpha value is -3.21. The first-order valence-corrected chi connectivity index (χ1v) is 12.0. The number of amides is 1. The second-order valence-corrected chi connectivity index (χ2v) is 9.39. The number of carbonyl (C=O) groups excluding carboxylic acids is 1. The van der Waals surface area contributed by atoms with Crippen molar-refractivity contribution >= 4 is 50.9 Å². The number of thiophene rings is 1. The van der Waals surface area contributed by atoms with Crippen LogP contribution in [0.2, 0.25) is 0 Å². The van der Waals surface area contributed by atoms with E-state index in [1.807, 2.05) is 30.5 Å². The van der Waals surface area contributed by atoms with E-state index in [1.165, 1.54) is 7.11 Å². The summed E-state index contributed by atoms with van der Waals surface area (Å²) in [6.45, 7) is 0.717. The molecule has 10 heteroatoms. The Morgan fingerprint density at radius 3 is 2.79 bits per heavy atom. The third-order valence-corrected chi connectivity index (χ3v) is 7.31. The first kappa shape index (κ1) is 23.0. The number of nitrogens with zero attached hydrogens (tertiary/aromatic N) is 3. The van der Waals surface area contributed by atoms with Gasteiger partial charge in [-0.2, -0.15) is 0 Å². The highest BCUT2D eigenvalue weighted by Crippen LogP contribution is 2.45. The summed E-state index contributed by atoms with van der Waals surface area (Å²) in [5, 5.41) is 3.48. The Morgan fingerprint density at radius 1 is 1.21 bits per heavy atom. The molecule has 33 heavy (non-hydrogen) atoms. The maximum absolute atomic E-state index is 11.4. The van der Waals surface area contributed by atoms with Crippen molar-refractivity contribution in [3.63, 3.8) is 0 Å². The minimum atomic E-state index is -0.571. The van der Waals surface area contributed by atoms with E-state index >= 15 is 0 Å². The number of pyridine rings is 3. The predicted octanol–water partition coefficient (Wildman–Crippen LogP) is 5.31. The van der Waals surface area contributed by atoms with Gasteiger partial charge in [-0.3, -0.25) is 10.3 Å². The smallest absolute Gasteiger partial charge is 0.412 e. The van der Waals surface area contributed by atoms with E-state index in [0.717, 1.165) is 61.3 Å². The summed E-state index contributed by atoms with van der Waals surface area (Å²) in [7, 11) is 3.01. The number of nitrogens with two attached hydrogens (primary N) is 1. The van der Waals surface area contributed by atoms with E-state index < -0.39 is 6.09 Å². The highest BCUT2D eigenvalue weighted by molar-refractivity contribution is 8.01. The predicted molar refractivity (Wildman–Crippen MR) is 134 cm³/mol. The highest BCUT2D eigenvalue weighted by Gasteiger charge is 2.18. The summed E-state index contributed by atoms with van der Waals surface area (Å²) in [6, 6.07) is 9.49. The van der Waals surface area contributed by atoms with Crippen LogP contribution in [0.3, 0.4) is 0 Å². The Kier molecular flexibility index (Phi) is 7.38. The molecule has 8 nitrogen and oxygen atoms in total. The van der Waals surface area contributed by atoms with Gasteiger partial charge in [0.2, 0.25) is 0 Å². The van der Waals surface area contributed by atoms with Crippen LogP contribution < -0.4 is 11.1 Å². The van der Waals surface area contributed by atoms with Crippen molar-refractivity contribution in [2.45, 2.75) is 10.6 Å². The summed E-state index contributed by atoms with van der Waals surface area (Å²) in [4.78, 5) is 25.8. The Bertz CT molecular complexity index is 1250. The van der Waals surface area contributed by atoms with Gasteiger partial charge in [0.1, 0.15) is 10.6 Å². The monoisotopic (exact) mass is 481 g/mol. The van der Waals surface area contributed by atoms with E-state index in [9.17, 15) is 4.79 Å². The van der Waals surface area contributed by atoms with Gasteiger partial charge in [-0.15, -0.1) is 23.1 Å². The second-order valence-electron chi connectivity index (χ2n) is 7.02. The number of ether oxygens (including phenoxy) is 2. The number of aromatic nitrogens is 3. The van der Waals surface area contributed by atoms with Gasteiger partial charge < -0.3 is 15.2 Å². The Balaban J connectivity index is 1.76. The lowest BCUT2D eigenvalue weighted by Crippen LogP contribution is -2.11. The third kappa shape index (κ3) is 5.24. The molecule has 4 aromatic heterocycles. The zero-order chi connectivity index (χ0) is 23.2. The maximum atomic E-state index is 11.4. The molecule has 0 spiro atoms. The van der Waals surface area contributed by atoms with Crippen LogP contribution in [0.5, 0.6) is 0 Å². The zero-order valence-electron chi connectivity index (χ0n) is 18.2. The van der Waals surface area contributed by atoms with E-state index in [-0.39, 0.29) is 0 Å². The quantitative estimate of drug-likeness (QED) is 0.257. The molecule has 3 N–H and O–H groups in total. The Labute approximate surface area is 199 Å². The Morgan fingerprint density at radius 2 is 2.09 bits per heavy atom. The number of thioether (sulfide) groups is 1. The van der Waals surface area contributed by atoms with Crippen molar-refractivity contribution in [2.75, 3.05) is 37.6 Å². The molecule has 4 rings (SSSR count). The fraction of sp³-hybridized carbons (Fsp3) is 0.217. The van der Waals surface area contributed by atoms with Crippen LogP contribution in [0.4, 0.5) is 16.3 Å². The number of rotatable bonds is 8. The molecule has 0 saturated carbocycles. The van der Waals surface area contributed by atoms with Gasteiger partial charge in [0.25, 0.3) is 0 Å². The maximum Gasteiger partial charge on any atom is 0.412 e. The molecule has 0 aliphatic heterocycles. The largest absolute Gasteiger partial charge is 0.453 e. The summed E-state index contributed by atoms with van der Waals surface area (Å²) >= 11 is 3.31. The SMILES string of the molecule is COCCCSc1sc2nc(-c3ccc(NC(=O)OC)nc3)cc(-c3cccnc3)c2c1N. The molecule has 0 fully saturated rings. The lowest BCUT2D eigenvalue weighted by molar-refractivity contribution is 0.187. The molecular weight excluding hydrogens is 458 g/mol. The molecule has 0 radical (unpaired) electrons. The topological polar surface area (TPSA) is 112 Å². The molecule has 4 heterocycles. The summed E-state index contributed by atoms with van der Waals surface area (Å²) in [5.74, 6) is 1.31. The average molecular weight is 482 g/mol. The van der Waals surface area contributed by atoms with Crippen LogP contribution >= 0.6 is 23.1 Å². The van der Waals surface area contributed by atoms with Crippen molar-refractivity contribution in [3.8, 4) is 22.4 Å². The summed E-state index contributed by atoms with van der Waals surface area (Å²) < 4.78 is 10.8. The number of carbonyl (C=O) groups is 1. The molecule has 0 atom stereocenters. The van der Waals surface area contributed by atoms with E-state index in [0.29, 0.717) is 5.82 Å². The van der Waals surface area contributed by atoms with Crippen LogP contribution in [0.15, 0.2) is 53.1 Å². The molecule has 4 aromatic rings.